The van der Waals surface area contributed by atoms with Gasteiger partial charge in [-0.2, -0.15) is 4.31 Å². The fourth-order valence-electron chi connectivity index (χ4n) is 3.20. The van der Waals surface area contributed by atoms with Crippen molar-refractivity contribution in [3.05, 3.63) is 90.0 Å². The predicted molar refractivity (Wildman–Crippen MR) is 136 cm³/mol. The number of benzene rings is 3. The van der Waals surface area contributed by atoms with E-state index >= 15 is 0 Å². The molecule has 0 fully saturated rings. The molecule has 11 heteroatoms. The van der Waals surface area contributed by atoms with Crippen LogP contribution in [0.15, 0.2) is 88.7 Å². The predicted octanol–water partition coefficient (Wildman–Crippen LogP) is 2.29. The van der Waals surface area contributed by atoms with Crippen LogP contribution >= 0.6 is 0 Å². The van der Waals surface area contributed by atoms with Gasteiger partial charge in [0, 0.05) is 26.7 Å². The molecule has 3 rings (SSSR count). The van der Waals surface area contributed by atoms with Gasteiger partial charge in [-0.3, -0.25) is 4.79 Å². The molecule has 192 valence electrons. The highest BCUT2D eigenvalue weighted by Gasteiger charge is 2.21. The highest BCUT2D eigenvalue weighted by molar-refractivity contribution is 7.89. The van der Waals surface area contributed by atoms with E-state index in [1.54, 1.807) is 12.1 Å². The Morgan fingerprint density at radius 3 is 2.08 bits per heavy atom. The van der Waals surface area contributed by atoms with Gasteiger partial charge in [0.15, 0.2) is 6.61 Å². The van der Waals surface area contributed by atoms with Gasteiger partial charge < -0.3 is 10.1 Å². The summed E-state index contributed by atoms with van der Waals surface area (Å²) in [4.78, 5) is 12.3. The maximum Gasteiger partial charge on any atom is 0.257 e. The smallest absolute Gasteiger partial charge is 0.257 e. The quantitative estimate of drug-likeness (QED) is 0.346. The maximum absolute atomic E-state index is 12.8. The summed E-state index contributed by atoms with van der Waals surface area (Å²) in [5.41, 5.74) is 1.82. The van der Waals surface area contributed by atoms with Gasteiger partial charge in [0.1, 0.15) is 5.75 Å². The molecule has 0 bridgehead atoms. The molecule has 1 amide bonds. The van der Waals surface area contributed by atoms with E-state index in [2.05, 4.69) is 10.0 Å². The van der Waals surface area contributed by atoms with Crippen LogP contribution < -0.4 is 14.8 Å². The van der Waals surface area contributed by atoms with Crippen molar-refractivity contribution in [3.8, 4) is 5.75 Å². The van der Waals surface area contributed by atoms with Crippen LogP contribution in [0.4, 0.5) is 0 Å². The molecule has 0 unspecified atom stereocenters. The van der Waals surface area contributed by atoms with Crippen LogP contribution in [0, 0.1) is 6.92 Å². The van der Waals surface area contributed by atoms with E-state index in [0.29, 0.717) is 5.75 Å². The number of hydrogen-bond donors (Lipinski definition) is 2. The Balaban J connectivity index is 1.43. The molecule has 9 nitrogen and oxygen atoms in total. The molecular weight excluding hydrogens is 502 g/mol. The van der Waals surface area contributed by atoms with Crippen LogP contribution in [0.3, 0.4) is 0 Å². The van der Waals surface area contributed by atoms with E-state index in [9.17, 15) is 21.6 Å². The zero-order chi connectivity index (χ0) is 26.2. The topological polar surface area (TPSA) is 122 Å². The number of amides is 1. The molecule has 0 atom stereocenters. The third-order valence-electron chi connectivity index (χ3n) is 5.22. The van der Waals surface area contributed by atoms with Crippen molar-refractivity contribution in [1.82, 2.24) is 14.3 Å². The van der Waals surface area contributed by atoms with Crippen LogP contribution in [-0.4, -0.2) is 53.8 Å². The number of carbonyl (C=O) groups excluding carboxylic acids is 1. The van der Waals surface area contributed by atoms with Gasteiger partial charge in [-0.25, -0.2) is 21.6 Å². The van der Waals surface area contributed by atoms with E-state index in [-0.39, 0.29) is 36.0 Å². The number of carbonyl (C=O) groups is 1. The molecule has 0 aliphatic heterocycles. The third-order valence-corrected chi connectivity index (χ3v) is 8.51. The average Bonchev–Trinajstić information content (AvgIpc) is 2.86. The maximum atomic E-state index is 12.8. The zero-order valence-electron chi connectivity index (χ0n) is 20.0. The second-order valence-electron chi connectivity index (χ2n) is 8.07. The van der Waals surface area contributed by atoms with Crippen molar-refractivity contribution in [3.63, 3.8) is 0 Å². The van der Waals surface area contributed by atoms with E-state index in [1.165, 1.54) is 47.8 Å². The van der Waals surface area contributed by atoms with Crippen LogP contribution in [0.2, 0.25) is 0 Å². The fourth-order valence-corrected chi connectivity index (χ4v) is 5.39. The van der Waals surface area contributed by atoms with Gasteiger partial charge in [0.05, 0.1) is 9.79 Å². The lowest BCUT2D eigenvalue weighted by atomic mass is 10.2. The molecule has 0 aliphatic carbocycles. The van der Waals surface area contributed by atoms with Crippen molar-refractivity contribution in [2.24, 2.45) is 0 Å². The summed E-state index contributed by atoms with van der Waals surface area (Å²) >= 11 is 0. The number of sulfonamides is 2. The molecule has 0 aliphatic rings. The first-order valence-corrected chi connectivity index (χ1v) is 14.1. The van der Waals surface area contributed by atoms with Crippen molar-refractivity contribution >= 4 is 26.0 Å². The van der Waals surface area contributed by atoms with E-state index in [0.717, 1.165) is 11.1 Å². The molecule has 0 aromatic heterocycles. The first kappa shape index (κ1) is 27.3. The van der Waals surface area contributed by atoms with Crippen molar-refractivity contribution in [1.29, 1.82) is 0 Å². The van der Waals surface area contributed by atoms with E-state index in [1.807, 2.05) is 37.3 Å². The number of aryl methyl sites for hydroxylation is 1. The van der Waals surface area contributed by atoms with Crippen LogP contribution in [0.5, 0.6) is 5.75 Å². The summed E-state index contributed by atoms with van der Waals surface area (Å²) in [6.07, 6.45) is 0. The van der Waals surface area contributed by atoms with Crippen LogP contribution in [0.1, 0.15) is 11.1 Å². The Kier molecular flexibility index (Phi) is 9.21. The summed E-state index contributed by atoms with van der Waals surface area (Å²) in [5.74, 6) is -0.112. The number of nitrogens with one attached hydrogen (secondary N) is 2. The molecule has 0 radical (unpaired) electrons. The SMILES string of the molecule is Cc1ccc(S(=O)(=O)NCCNC(=O)COc2ccc(S(=O)(=O)N(C)Cc3ccccc3)cc2)cc1. The standard InChI is InChI=1S/C25H29N3O6S2/c1-20-8-12-23(13-9-20)35(30,31)27-17-16-26-25(29)19-34-22-10-14-24(15-11-22)36(32,33)28(2)18-21-6-4-3-5-7-21/h3-15,27H,16-19H2,1-2H3,(H,26,29). The Hall–Kier alpha value is -3.25. The Bertz CT molecular complexity index is 1360. The molecule has 2 N–H and O–H groups in total. The lowest BCUT2D eigenvalue weighted by Crippen LogP contribution is -2.36. The molecule has 3 aromatic rings. The number of rotatable bonds is 12. The first-order valence-electron chi connectivity index (χ1n) is 11.1. The number of ether oxygens (including phenoxy) is 1. The second kappa shape index (κ2) is 12.1. The Morgan fingerprint density at radius 1 is 0.833 bits per heavy atom. The summed E-state index contributed by atoms with van der Waals surface area (Å²) in [7, 11) is -5.84. The van der Waals surface area contributed by atoms with Crippen LogP contribution in [0.25, 0.3) is 0 Å². The molecule has 0 saturated heterocycles. The lowest BCUT2D eigenvalue weighted by Gasteiger charge is -2.17. The molecule has 3 aromatic carbocycles. The minimum atomic E-state index is -3.69. The summed E-state index contributed by atoms with van der Waals surface area (Å²) < 4.78 is 59.2. The lowest BCUT2D eigenvalue weighted by molar-refractivity contribution is -0.123. The summed E-state index contributed by atoms with van der Waals surface area (Å²) in [5, 5.41) is 2.57. The van der Waals surface area contributed by atoms with Gasteiger partial charge in [-0.15, -0.1) is 0 Å². The second-order valence-corrected chi connectivity index (χ2v) is 11.9. The minimum absolute atomic E-state index is 0.0189. The highest BCUT2D eigenvalue weighted by Crippen LogP contribution is 2.20. The summed E-state index contributed by atoms with van der Waals surface area (Å²) in [6.45, 7) is 1.90. The largest absolute Gasteiger partial charge is 0.484 e. The van der Waals surface area contributed by atoms with Crippen LogP contribution in [-0.2, 0) is 31.4 Å². The number of hydrogen-bond acceptors (Lipinski definition) is 6. The normalized spacial score (nSPS) is 11.9. The van der Waals surface area contributed by atoms with Gasteiger partial charge in [-0.05, 0) is 48.9 Å². The monoisotopic (exact) mass is 531 g/mol. The van der Waals surface area contributed by atoms with E-state index < -0.39 is 26.0 Å². The molecule has 0 heterocycles. The van der Waals surface area contributed by atoms with E-state index in [4.69, 9.17) is 4.74 Å². The molecule has 36 heavy (non-hydrogen) atoms. The zero-order valence-corrected chi connectivity index (χ0v) is 21.7. The molecule has 0 saturated carbocycles. The Labute approximate surface area is 212 Å². The molecule has 0 spiro atoms. The number of nitrogens with zero attached hydrogens (tertiary/aromatic N) is 1. The van der Waals surface area contributed by atoms with Gasteiger partial charge >= 0.3 is 0 Å². The summed E-state index contributed by atoms with van der Waals surface area (Å²) in [6, 6.07) is 21.5. The first-order chi connectivity index (χ1) is 17.1. The minimum Gasteiger partial charge on any atom is -0.484 e. The molecular formula is C25H29N3O6S2. The average molecular weight is 532 g/mol. The van der Waals surface area contributed by atoms with Gasteiger partial charge in [0.25, 0.3) is 5.91 Å². The van der Waals surface area contributed by atoms with Gasteiger partial charge in [-0.1, -0.05) is 48.0 Å². The van der Waals surface area contributed by atoms with Crippen molar-refractivity contribution in [2.45, 2.75) is 23.3 Å². The van der Waals surface area contributed by atoms with Crippen molar-refractivity contribution < 1.29 is 26.4 Å². The van der Waals surface area contributed by atoms with Crippen molar-refractivity contribution in [2.75, 3.05) is 26.7 Å². The fraction of sp³-hybridized carbons (Fsp3) is 0.240. The highest BCUT2D eigenvalue weighted by atomic mass is 32.2. The Morgan fingerprint density at radius 2 is 1.44 bits per heavy atom. The van der Waals surface area contributed by atoms with Gasteiger partial charge in [0.2, 0.25) is 20.0 Å². The third kappa shape index (κ3) is 7.62.